The van der Waals surface area contributed by atoms with Crippen molar-refractivity contribution in [3.05, 3.63) is 92.9 Å². The summed E-state index contributed by atoms with van der Waals surface area (Å²) >= 11 is 0. The number of pyridine rings is 1. The number of alkyl halides is 3. The van der Waals surface area contributed by atoms with E-state index in [4.69, 9.17) is 0 Å². The first kappa shape index (κ1) is 31.1. The van der Waals surface area contributed by atoms with Gasteiger partial charge in [0.2, 0.25) is 5.91 Å². The lowest BCUT2D eigenvalue weighted by molar-refractivity contribution is -0.137. The van der Waals surface area contributed by atoms with Crippen molar-refractivity contribution in [2.75, 3.05) is 6.26 Å². The number of carbonyl (C=O) groups is 3. The second-order valence-electron chi connectivity index (χ2n) is 9.46. The van der Waals surface area contributed by atoms with Crippen molar-refractivity contribution in [3.8, 4) is 5.69 Å². The van der Waals surface area contributed by atoms with E-state index in [2.05, 4.69) is 16.2 Å². The quantitative estimate of drug-likeness (QED) is 0.360. The van der Waals surface area contributed by atoms with Gasteiger partial charge in [-0.25, -0.2) is 8.42 Å². The van der Waals surface area contributed by atoms with Gasteiger partial charge in [-0.1, -0.05) is 32.0 Å². The van der Waals surface area contributed by atoms with E-state index in [-0.39, 0.29) is 22.8 Å². The Balaban J connectivity index is 2.06. The second kappa shape index (κ2) is 12.0. The van der Waals surface area contributed by atoms with Crippen molar-refractivity contribution in [1.29, 1.82) is 0 Å². The maximum absolute atomic E-state index is 13.6. The number of carbonyl (C=O) groups excluding carboxylic acids is 3. The monoisotopic (exact) mass is 592 g/mol. The molecule has 0 bridgehead atoms. The first-order valence-electron chi connectivity index (χ1n) is 12.1. The molecule has 3 aromatic rings. The highest BCUT2D eigenvalue weighted by Gasteiger charge is 2.31. The van der Waals surface area contributed by atoms with Crippen molar-refractivity contribution in [2.24, 2.45) is 5.92 Å². The Morgan fingerprint density at radius 3 is 2.15 bits per heavy atom. The second-order valence-corrected chi connectivity index (χ2v) is 11.5. The smallest absolute Gasteiger partial charge is 0.348 e. The Labute approximate surface area is 233 Å². The molecule has 0 atom stereocenters. The topological polar surface area (TPSA) is 143 Å². The van der Waals surface area contributed by atoms with Crippen LogP contribution in [0.25, 0.3) is 5.69 Å². The molecule has 0 aliphatic heterocycles. The molecule has 0 aliphatic rings. The zero-order chi connectivity index (χ0) is 30.7. The summed E-state index contributed by atoms with van der Waals surface area (Å²) in [6.45, 7) is 4.34. The van der Waals surface area contributed by atoms with Gasteiger partial charge in [-0.15, -0.1) is 0 Å². The van der Waals surface area contributed by atoms with Gasteiger partial charge in [0.25, 0.3) is 17.4 Å². The van der Waals surface area contributed by atoms with Gasteiger partial charge in [-0.3, -0.25) is 34.6 Å². The molecule has 10 nitrogen and oxygen atoms in total. The molecule has 14 heteroatoms. The average molecular weight is 593 g/mol. The van der Waals surface area contributed by atoms with E-state index in [1.165, 1.54) is 37.3 Å². The van der Waals surface area contributed by atoms with Crippen LogP contribution < -0.4 is 21.7 Å². The van der Waals surface area contributed by atoms with Crippen LogP contribution in [0, 0.1) is 12.8 Å². The molecule has 218 valence electrons. The maximum atomic E-state index is 13.6. The van der Waals surface area contributed by atoms with Gasteiger partial charge in [-0.2, -0.15) is 13.2 Å². The molecule has 0 saturated heterocycles. The van der Waals surface area contributed by atoms with E-state index in [0.717, 1.165) is 35.1 Å². The van der Waals surface area contributed by atoms with Crippen molar-refractivity contribution >= 4 is 27.6 Å². The van der Waals surface area contributed by atoms with E-state index >= 15 is 0 Å². The number of nitrogens with zero attached hydrogens (tertiary/aromatic N) is 1. The lowest BCUT2D eigenvalue weighted by Crippen LogP contribution is -2.45. The van der Waals surface area contributed by atoms with Gasteiger partial charge in [0.15, 0.2) is 9.84 Å². The Morgan fingerprint density at radius 2 is 1.59 bits per heavy atom. The van der Waals surface area contributed by atoms with Gasteiger partial charge in [-0.05, 0) is 48.9 Å². The third-order valence-electron chi connectivity index (χ3n) is 5.92. The van der Waals surface area contributed by atoms with Gasteiger partial charge in [0.1, 0.15) is 5.56 Å². The number of benzene rings is 2. The van der Waals surface area contributed by atoms with E-state index in [1.807, 2.05) is 0 Å². The summed E-state index contributed by atoms with van der Waals surface area (Å²) in [5.41, 5.74) is 1.43. The number of aryl methyl sites for hydroxylation is 1. The Bertz CT molecular complexity index is 1660. The van der Waals surface area contributed by atoms with Crippen LogP contribution in [0.3, 0.4) is 0 Å². The number of nitrogens with one attached hydrogen (secondary N) is 3. The normalized spacial score (nSPS) is 11.7. The first-order valence-corrected chi connectivity index (χ1v) is 14.0. The SMILES string of the molecule is Cc1cc(C(=O)NNC(=O)C(C)C)c(C(=O)NCc2ccc(S(C)(=O)=O)cc2)c(=O)n1-c1cccc(C(F)(F)F)c1. The lowest BCUT2D eigenvalue weighted by atomic mass is 10.1. The largest absolute Gasteiger partial charge is 0.416 e. The zero-order valence-electron chi connectivity index (χ0n) is 22.4. The number of aromatic nitrogens is 1. The van der Waals surface area contributed by atoms with Gasteiger partial charge < -0.3 is 5.32 Å². The van der Waals surface area contributed by atoms with Crippen LogP contribution >= 0.6 is 0 Å². The summed E-state index contributed by atoms with van der Waals surface area (Å²) in [5.74, 6) is -3.07. The molecule has 0 spiro atoms. The minimum Gasteiger partial charge on any atom is -0.348 e. The fourth-order valence-electron chi connectivity index (χ4n) is 3.73. The molecule has 0 fully saturated rings. The number of hydrogen-bond donors (Lipinski definition) is 3. The molecule has 3 N–H and O–H groups in total. The predicted molar refractivity (Wildman–Crippen MR) is 143 cm³/mol. The molecule has 0 unspecified atom stereocenters. The number of amides is 3. The summed E-state index contributed by atoms with van der Waals surface area (Å²) in [5, 5.41) is 2.48. The standard InChI is InChI=1S/C27H27F3N4O6S/c1-15(2)23(35)32-33-24(36)21-12-16(3)34(19-7-5-6-18(13-19)27(28,29)30)26(38)22(21)25(37)31-14-17-8-10-20(11-9-17)41(4,39)40/h5-13,15H,14H2,1-4H3,(H,31,37)(H,32,35)(H,33,36). The van der Waals surface area contributed by atoms with E-state index in [1.54, 1.807) is 13.8 Å². The highest BCUT2D eigenvalue weighted by Crippen LogP contribution is 2.30. The van der Waals surface area contributed by atoms with Gasteiger partial charge in [0.05, 0.1) is 16.0 Å². The summed E-state index contributed by atoms with van der Waals surface area (Å²) in [6.07, 6.45) is -3.67. The van der Waals surface area contributed by atoms with Crippen LogP contribution in [0.2, 0.25) is 0 Å². The van der Waals surface area contributed by atoms with Crippen LogP contribution in [-0.4, -0.2) is 37.0 Å². The summed E-state index contributed by atoms with van der Waals surface area (Å²) < 4.78 is 64.3. The molecule has 1 aromatic heterocycles. The van der Waals surface area contributed by atoms with Crippen LogP contribution in [0.5, 0.6) is 0 Å². The van der Waals surface area contributed by atoms with Crippen molar-refractivity contribution in [1.82, 2.24) is 20.7 Å². The zero-order valence-corrected chi connectivity index (χ0v) is 23.2. The Kier molecular flexibility index (Phi) is 9.06. The fourth-order valence-corrected chi connectivity index (χ4v) is 4.36. The average Bonchev–Trinajstić information content (AvgIpc) is 2.89. The van der Waals surface area contributed by atoms with Crippen molar-refractivity contribution in [2.45, 2.75) is 38.4 Å². The summed E-state index contributed by atoms with van der Waals surface area (Å²) in [7, 11) is -3.46. The summed E-state index contributed by atoms with van der Waals surface area (Å²) in [4.78, 5) is 51.9. The predicted octanol–water partition coefficient (Wildman–Crippen LogP) is 2.92. The van der Waals surface area contributed by atoms with E-state index in [0.29, 0.717) is 5.56 Å². The number of hydrazine groups is 1. The number of rotatable bonds is 7. The first-order chi connectivity index (χ1) is 19.0. The highest BCUT2D eigenvalue weighted by molar-refractivity contribution is 7.90. The molecule has 1 heterocycles. The molecule has 0 saturated carbocycles. The number of hydrogen-bond acceptors (Lipinski definition) is 6. The summed E-state index contributed by atoms with van der Waals surface area (Å²) in [6, 6.07) is 10.6. The third kappa shape index (κ3) is 7.39. The molecule has 2 aromatic carbocycles. The Morgan fingerprint density at radius 1 is 0.951 bits per heavy atom. The maximum Gasteiger partial charge on any atom is 0.416 e. The third-order valence-corrected chi connectivity index (χ3v) is 7.05. The molecule has 0 aliphatic carbocycles. The molecule has 3 amide bonds. The lowest BCUT2D eigenvalue weighted by Gasteiger charge is -2.18. The number of halogens is 3. The minimum absolute atomic E-state index is 0.0441. The van der Waals surface area contributed by atoms with Crippen molar-refractivity contribution < 1.29 is 36.0 Å². The minimum atomic E-state index is -4.70. The van der Waals surface area contributed by atoms with E-state index < -0.39 is 61.9 Å². The van der Waals surface area contributed by atoms with Gasteiger partial charge in [0, 0.05) is 30.1 Å². The Hall–Kier alpha value is -4.46. The van der Waals surface area contributed by atoms with Crippen LogP contribution in [0.1, 0.15) is 51.4 Å². The van der Waals surface area contributed by atoms with Crippen LogP contribution in [-0.2, 0) is 27.4 Å². The fraction of sp³-hybridized carbons (Fsp3) is 0.259. The molecule has 41 heavy (non-hydrogen) atoms. The number of sulfone groups is 1. The molecular formula is C27H27F3N4O6S. The van der Waals surface area contributed by atoms with E-state index in [9.17, 15) is 40.8 Å². The highest BCUT2D eigenvalue weighted by atomic mass is 32.2. The molecular weight excluding hydrogens is 565 g/mol. The van der Waals surface area contributed by atoms with Crippen LogP contribution in [0.15, 0.2) is 64.3 Å². The molecule has 3 rings (SSSR count). The van der Waals surface area contributed by atoms with Crippen molar-refractivity contribution in [3.63, 3.8) is 0 Å². The van der Waals surface area contributed by atoms with Gasteiger partial charge >= 0.3 is 6.18 Å². The van der Waals surface area contributed by atoms with Crippen LogP contribution in [0.4, 0.5) is 13.2 Å². The molecule has 0 radical (unpaired) electrons.